The van der Waals surface area contributed by atoms with E-state index in [4.69, 9.17) is 14.0 Å². The average Bonchev–Trinajstić information content (AvgIpc) is 2.68. The molecular weight excluding hydrogens is 516 g/mol. The molecule has 212 valence electrons. The predicted molar refractivity (Wildman–Crippen MR) is 135 cm³/mol. The van der Waals surface area contributed by atoms with Gasteiger partial charge in [-0.15, -0.1) is 0 Å². The van der Waals surface area contributed by atoms with Gasteiger partial charge in [-0.05, 0) is 26.7 Å². The van der Waals surface area contributed by atoms with Gasteiger partial charge < -0.3 is 23.0 Å². The zero-order chi connectivity index (χ0) is 28.8. The minimum Gasteiger partial charge on any atom is -0.748 e. The lowest BCUT2D eigenvalue weighted by Crippen LogP contribution is -2.45. The molecule has 12 nitrogen and oxygen atoms in total. The van der Waals surface area contributed by atoms with E-state index in [1.165, 1.54) is 0 Å². The normalized spacial score (nSPS) is 12.2. The monoisotopic (exact) mass is 559 g/mol. The summed E-state index contributed by atoms with van der Waals surface area (Å²) in [5, 5.41) is 0. The molecule has 0 saturated heterocycles. The first-order chi connectivity index (χ1) is 16.1. The Hall–Kier alpha value is -1.84. The first kappa shape index (κ1) is 36.3. The third kappa shape index (κ3) is 23.9. The molecule has 1 N–H and O–H groups in total. The van der Waals surface area contributed by atoms with Crippen molar-refractivity contribution >= 4 is 32.2 Å². The molecule has 0 fully saturated rings. The van der Waals surface area contributed by atoms with Crippen molar-refractivity contribution in [2.24, 2.45) is 0 Å². The molecule has 0 unspecified atom stereocenters. The van der Waals surface area contributed by atoms with Gasteiger partial charge in [-0.1, -0.05) is 13.2 Å². The van der Waals surface area contributed by atoms with Crippen LogP contribution in [0.5, 0.6) is 0 Å². The molecule has 0 saturated carbocycles. The van der Waals surface area contributed by atoms with Crippen LogP contribution in [0.4, 0.5) is 0 Å². The van der Waals surface area contributed by atoms with Crippen LogP contribution in [0.15, 0.2) is 24.3 Å². The fourth-order valence-corrected chi connectivity index (χ4v) is 3.71. The first-order valence-corrected chi connectivity index (χ1v) is 14.4. The minimum absolute atomic E-state index is 0.164. The number of carbonyl (C=O) groups is 2. The Morgan fingerprint density at radius 1 is 0.750 bits per heavy atom. The van der Waals surface area contributed by atoms with Crippen LogP contribution in [0.25, 0.3) is 0 Å². The van der Waals surface area contributed by atoms with Gasteiger partial charge in [-0.2, -0.15) is 8.42 Å². The number of rotatable bonds is 16. The molecule has 0 spiro atoms. The van der Waals surface area contributed by atoms with Crippen molar-refractivity contribution in [2.75, 3.05) is 79.1 Å². The second kappa shape index (κ2) is 16.1. The van der Waals surface area contributed by atoms with Crippen LogP contribution in [-0.2, 0) is 39.3 Å². The van der Waals surface area contributed by atoms with E-state index in [0.29, 0.717) is 52.7 Å². The topological polar surface area (TPSA) is 164 Å². The Labute approximate surface area is 216 Å². The van der Waals surface area contributed by atoms with Crippen LogP contribution < -0.4 is 0 Å². The van der Waals surface area contributed by atoms with Gasteiger partial charge in [0.15, 0.2) is 0 Å². The van der Waals surface area contributed by atoms with E-state index in [0.717, 1.165) is 6.54 Å². The van der Waals surface area contributed by atoms with Crippen molar-refractivity contribution in [3.63, 3.8) is 0 Å². The zero-order valence-electron chi connectivity index (χ0n) is 22.3. The highest BCUT2D eigenvalue weighted by atomic mass is 32.2. The van der Waals surface area contributed by atoms with Crippen molar-refractivity contribution < 1.29 is 54.0 Å². The SMILES string of the molecule is C=C(C)C(=O)OCC[N+](C)(C)CCCCS(=O)(=O)O.C=C(C)C(=O)OCC[N+](C)(C)CCS(=O)(=O)[O-]. The summed E-state index contributed by atoms with van der Waals surface area (Å²) in [6.45, 7) is 12.6. The molecule has 36 heavy (non-hydrogen) atoms. The number of hydrogen-bond acceptors (Lipinski definition) is 9. The third-order valence-electron chi connectivity index (χ3n) is 4.92. The number of esters is 2. The Kier molecular flexibility index (Phi) is 16.2. The molecule has 0 amide bonds. The van der Waals surface area contributed by atoms with E-state index in [9.17, 15) is 31.0 Å². The third-order valence-corrected chi connectivity index (χ3v) is 6.41. The summed E-state index contributed by atoms with van der Waals surface area (Å²) in [4.78, 5) is 22.2. The Morgan fingerprint density at radius 2 is 1.14 bits per heavy atom. The molecular formula is C22H43N2O10S2+. The Bertz CT molecular complexity index is 955. The number of unbranched alkanes of at least 4 members (excludes halogenated alkanes) is 1. The van der Waals surface area contributed by atoms with E-state index in [1.54, 1.807) is 27.9 Å². The summed E-state index contributed by atoms with van der Waals surface area (Å²) in [6.07, 6.45) is 1.10. The average molecular weight is 560 g/mol. The zero-order valence-corrected chi connectivity index (χ0v) is 24.0. The molecule has 0 aliphatic heterocycles. The van der Waals surface area contributed by atoms with Crippen LogP contribution >= 0.6 is 0 Å². The molecule has 0 aliphatic rings. The van der Waals surface area contributed by atoms with Crippen LogP contribution in [0.1, 0.15) is 26.7 Å². The smallest absolute Gasteiger partial charge is 0.333 e. The van der Waals surface area contributed by atoms with Gasteiger partial charge >= 0.3 is 11.9 Å². The molecule has 0 heterocycles. The predicted octanol–water partition coefficient (Wildman–Crippen LogP) is 0.577. The maximum atomic E-state index is 11.2. The van der Waals surface area contributed by atoms with Crippen molar-refractivity contribution in [2.45, 2.75) is 26.7 Å². The van der Waals surface area contributed by atoms with Gasteiger partial charge in [0.25, 0.3) is 10.1 Å². The van der Waals surface area contributed by atoms with E-state index >= 15 is 0 Å². The Morgan fingerprint density at radius 3 is 1.47 bits per heavy atom. The van der Waals surface area contributed by atoms with Gasteiger partial charge in [0, 0.05) is 11.1 Å². The number of likely N-dealkylation sites (N-methyl/N-ethyl adjacent to an activating group) is 2. The standard InChI is InChI=1S/C12H23NO5S.C10H19NO5S/c1-11(2)12(14)18-9-8-13(3,4)7-5-6-10-19(15,16)17;1-9(2)10(12)16-7-5-11(3,4)6-8-17(13,14)15/h1,5-10H2,2-4H3;1,5-8H2,2-4H3/p+1. The quantitative estimate of drug-likeness (QED) is 0.0929. The highest BCUT2D eigenvalue weighted by molar-refractivity contribution is 7.85. The van der Waals surface area contributed by atoms with Crippen molar-refractivity contribution in [3.05, 3.63) is 24.3 Å². The van der Waals surface area contributed by atoms with Gasteiger partial charge in [0.2, 0.25) is 0 Å². The second-order valence-electron chi connectivity index (χ2n) is 9.85. The molecule has 0 aromatic rings. The second-order valence-corrected chi connectivity index (χ2v) is 12.9. The molecule has 0 radical (unpaired) electrons. The molecule has 0 aromatic heterocycles. The molecule has 0 aromatic carbocycles. The summed E-state index contributed by atoms with van der Waals surface area (Å²) in [5.74, 6) is -1.50. The van der Waals surface area contributed by atoms with Gasteiger partial charge in [-0.25, -0.2) is 18.0 Å². The summed E-state index contributed by atoms with van der Waals surface area (Å²) in [7, 11) is -0.589. The number of nitrogens with zero attached hydrogens (tertiary/aromatic N) is 2. The fraction of sp³-hybridized carbons (Fsp3) is 0.727. The summed E-state index contributed by atoms with van der Waals surface area (Å²) in [5.41, 5.74) is 0.691. The molecule has 0 atom stereocenters. The van der Waals surface area contributed by atoms with Crippen LogP contribution in [0, 0.1) is 0 Å². The van der Waals surface area contributed by atoms with Gasteiger partial charge in [-0.3, -0.25) is 4.55 Å². The maximum Gasteiger partial charge on any atom is 0.333 e. The summed E-state index contributed by atoms with van der Waals surface area (Å²) in [6, 6.07) is 0. The lowest BCUT2D eigenvalue weighted by atomic mass is 10.3. The van der Waals surface area contributed by atoms with E-state index in [1.807, 2.05) is 14.1 Å². The van der Waals surface area contributed by atoms with Crippen molar-refractivity contribution in [1.29, 1.82) is 0 Å². The lowest BCUT2D eigenvalue weighted by Gasteiger charge is -2.29. The molecule has 0 rings (SSSR count). The maximum absolute atomic E-state index is 11.2. The molecule has 0 bridgehead atoms. The van der Waals surface area contributed by atoms with Crippen LogP contribution in [0.3, 0.4) is 0 Å². The van der Waals surface area contributed by atoms with Crippen molar-refractivity contribution in [3.8, 4) is 0 Å². The van der Waals surface area contributed by atoms with Crippen molar-refractivity contribution in [1.82, 2.24) is 0 Å². The summed E-state index contributed by atoms with van der Waals surface area (Å²) >= 11 is 0. The van der Waals surface area contributed by atoms with Gasteiger partial charge in [0.05, 0.1) is 52.8 Å². The van der Waals surface area contributed by atoms with E-state index < -0.39 is 37.9 Å². The van der Waals surface area contributed by atoms with E-state index in [-0.39, 0.29) is 18.9 Å². The number of carbonyl (C=O) groups excluding carboxylic acids is 2. The van der Waals surface area contributed by atoms with Crippen LogP contribution in [0.2, 0.25) is 0 Å². The van der Waals surface area contributed by atoms with Crippen LogP contribution in [-0.4, -0.2) is 126 Å². The molecule has 14 heteroatoms. The summed E-state index contributed by atoms with van der Waals surface area (Å²) < 4.78 is 72.0. The fourth-order valence-electron chi connectivity index (χ4n) is 2.42. The number of quaternary nitrogens is 2. The minimum atomic E-state index is -4.20. The van der Waals surface area contributed by atoms with E-state index in [2.05, 4.69) is 13.2 Å². The largest absolute Gasteiger partial charge is 0.748 e. The molecule has 0 aliphatic carbocycles. The number of hydrogen-bond donors (Lipinski definition) is 1. The highest BCUT2D eigenvalue weighted by Crippen LogP contribution is 2.04. The van der Waals surface area contributed by atoms with Gasteiger partial charge in [0.1, 0.15) is 36.4 Å². The Balaban J connectivity index is 0. The number of ether oxygens (including phenoxy) is 2. The lowest BCUT2D eigenvalue weighted by molar-refractivity contribution is -0.890. The highest BCUT2D eigenvalue weighted by Gasteiger charge is 2.18. The first-order valence-electron chi connectivity index (χ1n) is 11.2.